The third-order valence-electron chi connectivity index (χ3n) is 6.41. The number of nitrogens with zero attached hydrogens (tertiary/aromatic N) is 3. The molecule has 0 unspecified atom stereocenters. The number of hydrogen-bond donors (Lipinski definition) is 1. The van der Waals surface area contributed by atoms with Gasteiger partial charge in [-0.1, -0.05) is 37.5 Å². The minimum atomic E-state index is 0.593. The first-order chi connectivity index (χ1) is 13.3. The lowest BCUT2D eigenvalue weighted by atomic mass is 9.88. The molecule has 4 nitrogen and oxygen atoms in total. The predicted molar refractivity (Wildman–Crippen MR) is 109 cm³/mol. The lowest BCUT2D eigenvalue weighted by Crippen LogP contribution is -2.31. The lowest BCUT2D eigenvalue weighted by Gasteiger charge is -2.29. The fourth-order valence-corrected chi connectivity index (χ4v) is 4.84. The molecule has 140 valence electrons. The van der Waals surface area contributed by atoms with Gasteiger partial charge in [0.15, 0.2) is 0 Å². The van der Waals surface area contributed by atoms with Crippen molar-refractivity contribution < 1.29 is 0 Å². The molecule has 0 atom stereocenters. The number of benzene rings is 1. The molecule has 3 aromatic rings. The van der Waals surface area contributed by atoms with E-state index in [0.29, 0.717) is 5.92 Å². The van der Waals surface area contributed by atoms with Crippen molar-refractivity contribution >= 4 is 10.9 Å². The summed E-state index contributed by atoms with van der Waals surface area (Å²) in [5, 5.41) is 1.35. The molecule has 3 heterocycles. The average molecular weight is 361 g/mol. The zero-order valence-corrected chi connectivity index (χ0v) is 16.2. The molecule has 1 N–H and O–H groups in total. The van der Waals surface area contributed by atoms with Crippen molar-refractivity contribution in [1.29, 1.82) is 0 Å². The van der Waals surface area contributed by atoms with Crippen LogP contribution in [0.3, 0.4) is 0 Å². The number of nitrogens with one attached hydrogen (secondary N) is 1. The summed E-state index contributed by atoms with van der Waals surface area (Å²) in [4.78, 5) is 15.8. The van der Waals surface area contributed by atoms with E-state index in [2.05, 4.69) is 47.3 Å². The summed E-state index contributed by atoms with van der Waals surface area (Å²) in [6.07, 6.45) is 9.74. The van der Waals surface area contributed by atoms with E-state index >= 15 is 0 Å². The van der Waals surface area contributed by atoms with Crippen LogP contribution in [0.4, 0.5) is 0 Å². The van der Waals surface area contributed by atoms with E-state index in [-0.39, 0.29) is 0 Å². The minimum absolute atomic E-state index is 0.593. The monoisotopic (exact) mass is 360 g/mol. The van der Waals surface area contributed by atoms with E-state index in [1.54, 1.807) is 0 Å². The van der Waals surface area contributed by atoms with Crippen molar-refractivity contribution in [2.75, 3.05) is 6.54 Å². The van der Waals surface area contributed by atoms with Crippen molar-refractivity contribution in [3.05, 3.63) is 58.8 Å². The Morgan fingerprint density at radius 1 is 1.15 bits per heavy atom. The van der Waals surface area contributed by atoms with Crippen LogP contribution in [0.2, 0.25) is 0 Å². The molecule has 0 spiro atoms. The van der Waals surface area contributed by atoms with Crippen LogP contribution in [-0.4, -0.2) is 26.4 Å². The third-order valence-corrected chi connectivity index (χ3v) is 6.41. The van der Waals surface area contributed by atoms with Crippen molar-refractivity contribution in [3.8, 4) is 0 Å². The maximum atomic E-state index is 4.99. The number of para-hydroxylation sites is 1. The Morgan fingerprint density at radius 2 is 2.00 bits per heavy atom. The van der Waals surface area contributed by atoms with Gasteiger partial charge in [0.25, 0.3) is 0 Å². The molecule has 0 bridgehead atoms. The van der Waals surface area contributed by atoms with Gasteiger partial charge < -0.3 is 4.98 Å². The number of hydrogen-bond acceptors (Lipinski definition) is 3. The van der Waals surface area contributed by atoms with E-state index < -0.39 is 0 Å². The summed E-state index contributed by atoms with van der Waals surface area (Å²) >= 11 is 0. The van der Waals surface area contributed by atoms with Crippen LogP contribution < -0.4 is 0 Å². The van der Waals surface area contributed by atoms with Gasteiger partial charge in [-0.3, -0.25) is 4.90 Å². The SMILES string of the molecule is Cc1[nH]c2ccccc2c1CN1CCc2nc(C3CCCCC3)ncc2C1. The molecule has 0 amide bonds. The van der Waals surface area contributed by atoms with Gasteiger partial charge in [-0.25, -0.2) is 9.97 Å². The van der Waals surface area contributed by atoms with Crippen LogP contribution in [0.1, 0.15) is 66.4 Å². The van der Waals surface area contributed by atoms with Gasteiger partial charge in [0.05, 0.1) is 0 Å². The fourth-order valence-electron chi connectivity index (χ4n) is 4.84. The predicted octanol–water partition coefficient (Wildman–Crippen LogP) is 4.87. The fraction of sp³-hybridized carbons (Fsp3) is 0.478. The van der Waals surface area contributed by atoms with Gasteiger partial charge in [-0.05, 0) is 31.4 Å². The number of aromatic amines is 1. The molecule has 0 radical (unpaired) electrons. The number of aromatic nitrogens is 3. The topological polar surface area (TPSA) is 44.8 Å². The van der Waals surface area contributed by atoms with Crippen molar-refractivity contribution in [1.82, 2.24) is 19.9 Å². The highest BCUT2D eigenvalue weighted by Gasteiger charge is 2.23. The number of rotatable bonds is 3. The lowest BCUT2D eigenvalue weighted by molar-refractivity contribution is 0.242. The van der Waals surface area contributed by atoms with Crippen LogP contribution in [-0.2, 0) is 19.5 Å². The second kappa shape index (κ2) is 7.08. The zero-order valence-electron chi connectivity index (χ0n) is 16.2. The van der Waals surface area contributed by atoms with Gasteiger partial charge >= 0.3 is 0 Å². The van der Waals surface area contributed by atoms with Gasteiger partial charge in [-0.15, -0.1) is 0 Å². The first kappa shape index (κ1) is 16.9. The molecule has 27 heavy (non-hydrogen) atoms. The average Bonchev–Trinajstić information content (AvgIpc) is 3.03. The van der Waals surface area contributed by atoms with Crippen molar-refractivity contribution in [2.45, 2.75) is 64.5 Å². The molecular weight excluding hydrogens is 332 g/mol. The molecule has 4 heteroatoms. The second-order valence-electron chi connectivity index (χ2n) is 8.27. The Morgan fingerprint density at radius 3 is 2.89 bits per heavy atom. The first-order valence-corrected chi connectivity index (χ1v) is 10.4. The second-order valence-corrected chi connectivity index (χ2v) is 8.27. The third kappa shape index (κ3) is 3.27. The summed E-state index contributed by atoms with van der Waals surface area (Å²) in [7, 11) is 0. The Labute approximate surface area is 161 Å². The molecular formula is C23H28N4. The normalized spacial score (nSPS) is 18.7. The minimum Gasteiger partial charge on any atom is -0.358 e. The maximum Gasteiger partial charge on any atom is 0.131 e. The standard InChI is InChI=1S/C23H28N4/c1-16-20(19-9-5-6-10-22(19)25-16)15-27-12-11-21-18(14-27)13-24-23(26-21)17-7-3-2-4-8-17/h5-6,9-10,13,17,25H,2-4,7-8,11-12,14-15H2,1H3. The van der Waals surface area contributed by atoms with Gasteiger partial charge in [0, 0.05) is 66.0 Å². The number of aryl methyl sites for hydroxylation is 1. The molecule has 5 rings (SSSR count). The van der Waals surface area contributed by atoms with E-state index in [4.69, 9.17) is 9.97 Å². The highest BCUT2D eigenvalue weighted by molar-refractivity contribution is 5.84. The first-order valence-electron chi connectivity index (χ1n) is 10.4. The molecule has 2 aliphatic rings. The molecule has 2 aromatic heterocycles. The molecule has 0 saturated heterocycles. The van der Waals surface area contributed by atoms with Crippen LogP contribution in [0.15, 0.2) is 30.5 Å². The molecule has 1 aliphatic carbocycles. The Kier molecular flexibility index (Phi) is 4.44. The van der Waals surface area contributed by atoms with Crippen LogP contribution in [0.5, 0.6) is 0 Å². The molecule has 1 saturated carbocycles. The van der Waals surface area contributed by atoms with E-state index in [9.17, 15) is 0 Å². The summed E-state index contributed by atoms with van der Waals surface area (Å²) in [5.41, 5.74) is 6.55. The van der Waals surface area contributed by atoms with Gasteiger partial charge in [0.1, 0.15) is 5.82 Å². The van der Waals surface area contributed by atoms with Gasteiger partial charge in [-0.2, -0.15) is 0 Å². The van der Waals surface area contributed by atoms with E-state index in [0.717, 1.165) is 31.9 Å². The smallest absolute Gasteiger partial charge is 0.131 e. The highest BCUT2D eigenvalue weighted by atomic mass is 15.1. The van der Waals surface area contributed by atoms with E-state index in [1.807, 2.05) is 0 Å². The molecule has 1 fully saturated rings. The summed E-state index contributed by atoms with van der Waals surface area (Å²) in [6, 6.07) is 8.62. The van der Waals surface area contributed by atoms with Gasteiger partial charge in [0.2, 0.25) is 0 Å². The van der Waals surface area contributed by atoms with Crippen LogP contribution in [0.25, 0.3) is 10.9 Å². The number of fused-ring (bicyclic) bond motifs is 2. The van der Waals surface area contributed by atoms with Crippen LogP contribution >= 0.6 is 0 Å². The highest BCUT2D eigenvalue weighted by Crippen LogP contribution is 2.32. The van der Waals surface area contributed by atoms with Crippen molar-refractivity contribution in [2.24, 2.45) is 0 Å². The molecule has 1 aliphatic heterocycles. The van der Waals surface area contributed by atoms with E-state index in [1.165, 1.54) is 65.5 Å². The summed E-state index contributed by atoms with van der Waals surface area (Å²) < 4.78 is 0. The number of H-pyrrole nitrogens is 1. The Balaban J connectivity index is 1.34. The zero-order chi connectivity index (χ0) is 18.2. The Bertz CT molecular complexity index is 952. The maximum absolute atomic E-state index is 4.99. The molecule has 1 aromatic carbocycles. The quantitative estimate of drug-likeness (QED) is 0.724. The summed E-state index contributed by atoms with van der Waals surface area (Å²) in [6.45, 7) is 5.21. The van der Waals surface area contributed by atoms with Crippen LogP contribution in [0, 0.1) is 6.92 Å². The largest absolute Gasteiger partial charge is 0.358 e. The Hall–Kier alpha value is -2.20. The van der Waals surface area contributed by atoms with Crippen molar-refractivity contribution in [3.63, 3.8) is 0 Å². The summed E-state index contributed by atoms with van der Waals surface area (Å²) in [5.74, 6) is 1.70.